The standard InChI is InChI=1S/C21H27NO3/c1-21(2,3)25-20(24)22(15-14-17-10-6-4-7-11-17)16-19(23)18-12-8-5-9-13-18/h4-13,19,23H,14-16H2,1-3H3/t19-/m0/s1. The van der Waals surface area contributed by atoms with Gasteiger partial charge in [-0.3, -0.25) is 0 Å². The van der Waals surface area contributed by atoms with Gasteiger partial charge in [0.2, 0.25) is 0 Å². The quantitative estimate of drug-likeness (QED) is 0.857. The fourth-order valence-corrected chi connectivity index (χ4v) is 2.48. The molecule has 1 atom stereocenters. The lowest BCUT2D eigenvalue weighted by Crippen LogP contribution is -2.40. The van der Waals surface area contributed by atoms with Crippen LogP contribution in [-0.2, 0) is 11.2 Å². The van der Waals surface area contributed by atoms with Crippen LogP contribution < -0.4 is 0 Å². The Morgan fingerprint density at radius 2 is 1.60 bits per heavy atom. The van der Waals surface area contributed by atoms with Gasteiger partial charge in [-0.15, -0.1) is 0 Å². The van der Waals surface area contributed by atoms with Crippen molar-refractivity contribution < 1.29 is 14.6 Å². The van der Waals surface area contributed by atoms with Gasteiger partial charge in [-0.05, 0) is 38.3 Å². The molecule has 4 heteroatoms. The van der Waals surface area contributed by atoms with Crippen molar-refractivity contribution in [3.8, 4) is 0 Å². The first kappa shape index (κ1) is 19.0. The number of carbonyl (C=O) groups is 1. The van der Waals surface area contributed by atoms with Crippen molar-refractivity contribution in [2.45, 2.75) is 38.9 Å². The van der Waals surface area contributed by atoms with Gasteiger partial charge in [-0.2, -0.15) is 0 Å². The van der Waals surface area contributed by atoms with Gasteiger partial charge >= 0.3 is 6.09 Å². The minimum atomic E-state index is -0.746. The molecule has 0 saturated carbocycles. The molecule has 0 unspecified atom stereocenters. The smallest absolute Gasteiger partial charge is 0.410 e. The lowest BCUT2D eigenvalue weighted by Gasteiger charge is -2.29. The summed E-state index contributed by atoms with van der Waals surface area (Å²) in [5, 5.41) is 10.5. The largest absolute Gasteiger partial charge is 0.444 e. The average molecular weight is 341 g/mol. The second-order valence-corrected chi connectivity index (χ2v) is 7.09. The molecule has 0 fully saturated rings. The van der Waals surface area contributed by atoms with Crippen molar-refractivity contribution in [1.82, 2.24) is 4.90 Å². The molecule has 134 valence electrons. The molecule has 0 saturated heterocycles. The number of benzene rings is 2. The van der Waals surface area contributed by atoms with E-state index in [0.29, 0.717) is 13.0 Å². The lowest BCUT2D eigenvalue weighted by atomic mass is 10.1. The van der Waals surface area contributed by atoms with Crippen molar-refractivity contribution in [2.75, 3.05) is 13.1 Å². The molecule has 0 heterocycles. The number of nitrogens with zero attached hydrogens (tertiary/aromatic N) is 1. The van der Waals surface area contributed by atoms with Crippen LogP contribution in [0, 0.1) is 0 Å². The molecule has 0 aliphatic rings. The maximum absolute atomic E-state index is 12.5. The van der Waals surface area contributed by atoms with Crippen molar-refractivity contribution in [2.24, 2.45) is 0 Å². The zero-order valence-corrected chi connectivity index (χ0v) is 15.2. The third-order valence-electron chi connectivity index (χ3n) is 3.74. The Hall–Kier alpha value is -2.33. The summed E-state index contributed by atoms with van der Waals surface area (Å²) >= 11 is 0. The topological polar surface area (TPSA) is 49.8 Å². The van der Waals surface area contributed by atoms with E-state index in [9.17, 15) is 9.90 Å². The van der Waals surface area contributed by atoms with E-state index in [0.717, 1.165) is 11.1 Å². The van der Waals surface area contributed by atoms with Crippen LogP contribution in [0.5, 0.6) is 0 Å². The monoisotopic (exact) mass is 341 g/mol. The van der Waals surface area contributed by atoms with Crippen LogP contribution in [0.3, 0.4) is 0 Å². The zero-order chi connectivity index (χ0) is 18.3. The van der Waals surface area contributed by atoms with Gasteiger partial charge in [0.05, 0.1) is 12.6 Å². The van der Waals surface area contributed by atoms with Crippen LogP contribution in [0.2, 0.25) is 0 Å². The van der Waals surface area contributed by atoms with Gasteiger partial charge in [-0.25, -0.2) is 4.79 Å². The highest BCUT2D eigenvalue weighted by atomic mass is 16.6. The Morgan fingerprint density at radius 3 is 2.16 bits per heavy atom. The van der Waals surface area contributed by atoms with E-state index in [-0.39, 0.29) is 6.54 Å². The molecule has 0 aliphatic heterocycles. The molecule has 0 bridgehead atoms. The van der Waals surface area contributed by atoms with Crippen molar-refractivity contribution in [1.29, 1.82) is 0 Å². The number of aliphatic hydroxyl groups excluding tert-OH is 1. The third kappa shape index (κ3) is 6.59. The summed E-state index contributed by atoms with van der Waals surface area (Å²) in [5.74, 6) is 0. The highest BCUT2D eigenvalue weighted by molar-refractivity contribution is 5.68. The molecule has 0 spiro atoms. The Balaban J connectivity index is 2.06. The predicted octanol–water partition coefficient (Wildman–Crippen LogP) is 4.20. The number of hydrogen-bond donors (Lipinski definition) is 1. The second kappa shape index (κ2) is 8.67. The van der Waals surface area contributed by atoms with Crippen molar-refractivity contribution >= 4 is 6.09 Å². The summed E-state index contributed by atoms with van der Waals surface area (Å²) in [6.07, 6.45) is -0.440. The molecule has 0 aromatic heterocycles. The maximum Gasteiger partial charge on any atom is 0.410 e. The summed E-state index contributed by atoms with van der Waals surface area (Å²) in [4.78, 5) is 14.1. The first-order valence-electron chi connectivity index (χ1n) is 8.60. The molecule has 2 rings (SSSR count). The maximum atomic E-state index is 12.5. The summed E-state index contributed by atoms with van der Waals surface area (Å²) in [7, 11) is 0. The van der Waals surface area contributed by atoms with E-state index in [4.69, 9.17) is 4.74 Å². The number of hydrogen-bond acceptors (Lipinski definition) is 3. The number of carbonyl (C=O) groups excluding carboxylic acids is 1. The fourth-order valence-electron chi connectivity index (χ4n) is 2.48. The molecule has 1 amide bonds. The van der Waals surface area contributed by atoms with Crippen LogP contribution in [0.4, 0.5) is 4.79 Å². The Bertz CT molecular complexity index is 650. The predicted molar refractivity (Wildman–Crippen MR) is 99.4 cm³/mol. The van der Waals surface area contributed by atoms with E-state index < -0.39 is 17.8 Å². The summed E-state index contributed by atoms with van der Waals surface area (Å²) in [6, 6.07) is 19.3. The zero-order valence-electron chi connectivity index (χ0n) is 15.2. The van der Waals surface area contributed by atoms with Gasteiger partial charge < -0.3 is 14.7 Å². The third-order valence-corrected chi connectivity index (χ3v) is 3.74. The van der Waals surface area contributed by atoms with E-state index >= 15 is 0 Å². The highest BCUT2D eigenvalue weighted by Crippen LogP contribution is 2.17. The lowest BCUT2D eigenvalue weighted by molar-refractivity contribution is 0.0147. The first-order valence-corrected chi connectivity index (χ1v) is 8.60. The average Bonchev–Trinajstić information content (AvgIpc) is 2.58. The molecule has 2 aromatic rings. The molecule has 0 aliphatic carbocycles. The van der Waals surface area contributed by atoms with Crippen LogP contribution in [0.1, 0.15) is 38.0 Å². The molecule has 2 aromatic carbocycles. The number of ether oxygens (including phenoxy) is 1. The van der Waals surface area contributed by atoms with Crippen LogP contribution in [0.15, 0.2) is 60.7 Å². The van der Waals surface area contributed by atoms with Crippen molar-refractivity contribution in [3.05, 3.63) is 71.8 Å². The van der Waals surface area contributed by atoms with Gasteiger partial charge in [-0.1, -0.05) is 60.7 Å². The van der Waals surface area contributed by atoms with Gasteiger partial charge in [0.25, 0.3) is 0 Å². The molecule has 0 radical (unpaired) electrons. The fraction of sp³-hybridized carbons (Fsp3) is 0.381. The molecular formula is C21H27NO3. The molecular weight excluding hydrogens is 314 g/mol. The van der Waals surface area contributed by atoms with E-state index in [1.165, 1.54) is 0 Å². The number of amides is 1. The minimum Gasteiger partial charge on any atom is -0.444 e. The SMILES string of the molecule is CC(C)(C)OC(=O)N(CCc1ccccc1)C[C@H](O)c1ccccc1. The van der Waals surface area contributed by atoms with Gasteiger partial charge in [0.15, 0.2) is 0 Å². The number of aliphatic hydroxyl groups is 1. The number of rotatable bonds is 6. The van der Waals surface area contributed by atoms with Crippen LogP contribution >= 0.6 is 0 Å². The van der Waals surface area contributed by atoms with Crippen LogP contribution in [0.25, 0.3) is 0 Å². The highest BCUT2D eigenvalue weighted by Gasteiger charge is 2.24. The summed E-state index contributed by atoms with van der Waals surface area (Å²) < 4.78 is 5.50. The minimum absolute atomic E-state index is 0.200. The first-order chi connectivity index (χ1) is 11.8. The Labute approximate surface area is 150 Å². The summed E-state index contributed by atoms with van der Waals surface area (Å²) in [5.41, 5.74) is 1.36. The van der Waals surface area contributed by atoms with Crippen LogP contribution in [-0.4, -0.2) is 34.8 Å². The van der Waals surface area contributed by atoms with E-state index in [2.05, 4.69) is 0 Å². The molecule has 25 heavy (non-hydrogen) atoms. The Kier molecular flexibility index (Phi) is 6.59. The van der Waals surface area contributed by atoms with E-state index in [1.54, 1.807) is 4.90 Å². The van der Waals surface area contributed by atoms with E-state index in [1.807, 2.05) is 81.4 Å². The van der Waals surface area contributed by atoms with Gasteiger partial charge in [0, 0.05) is 6.54 Å². The Morgan fingerprint density at radius 1 is 1.04 bits per heavy atom. The van der Waals surface area contributed by atoms with Gasteiger partial charge in [0.1, 0.15) is 5.60 Å². The normalized spacial score (nSPS) is 12.5. The molecule has 4 nitrogen and oxygen atoms in total. The molecule has 1 N–H and O–H groups in total. The summed E-state index contributed by atoms with van der Waals surface area (Å²) in [6.45, 7) is 6.21. The van der Waals surface area contributed by atoms with Crippen molar-refractivity contribution in [3.63, 3.8) is 0 Å². The second-order valence-electron chi connectivity index (χ2n) is 7.09.